The molecule has 1 aliphatic heterocycles. The van der Waals surface area contributed by atoms with Crippen LogP contribution in [0.1, 0.15) is 12.0 Å². The molecule has 1 fully saturated rings. The lowest BCUT2D eigenvalue weighted by Gasteiger charge is -2.20. The smallest absolute Gasteiger partial charge is 0.246 e. The molecule has 142 valence electrons. The highest BCUT2D eigenvalue weighted by Crippen LogP contribution is 2.30. The highest BCUT2D eigenvalue weighted by Gasteiger charge is 2.35. The molecule has 0 amide bonds. The summed E-state index contributed by atoms with van der Waals surface area (Å²) in [5, 5.41) is 8.82. The SMILES string of the molecule is CN(C)[C@@H]1CCN(S(=O)(=O)c2cc(F)c(-c3ccc(C#N)cc3)cc2F)C1. The van der Waals surface area contributed by atoms with Crippen LogP contribution in [0.25, 0.3) is 11.1 Å². The van der Waals surface area contributed by atoms with Crippen molar-refractivity contribution in [2.24, 2.45) is 0 Å². The van der Waals surface area contributed by atoms with E-state index < -0.39 is 26.6 Å². The van der Waals surface area contributed by atoms with E-state index >= 15 is 0 Å². The Hall–Kier alpha value is -2.34. The van der Waals surface area contributed by atoms with E-state index in [0.29, 0.717) is 17.5 Å². The number of nitrogens with zero attached hydrogens (tertiary/aromatic N) is 3. The minimum Gasteiger partial charge on any atom is -0.305 e. The van der Waals surface area contributed by atoms with Crippen LogP contribution in [0.15, 0.2) is 41.3 Å². The van der Waals surface area contributed by atoms with Crippen molar-refractivity contribution < 1.29 is 17.2 Å². The molecule has 0 bridgehead atoms. The van der Waals surface area contributed by atoms with Gasteiger partial charge in [-0.2, -0.15) is 9.57 Å². The van der Waals surface area contributed by atoms with Gasteiger partial charge < -0.3 is 4.90 Å². The molecular formula is C19H19F2N3O2S. The lowest BCUT2D eigenvalue weighted by atomic mass is 10.0. The number of hydrogen-bond donors (Lipinski definition) is 0. The van der Waals surface area contributed by atoms with Gasteiger partial charge in [-0.25, -0.2) is 17.2 Å². The van der Waals surface area contributed by atoms with E-state index in [1.54, 1.807) is 0 Å². The Morgan fingerprint density at radius 1 is 1.15 bits per heavy atom. The second-order valence-corrected chi connectivity index (χ2v) is 8.63. The van der Waals surface area contributed by atoms with Crippen molar-refractivity contribution >= 4 is 10.0 Å². The maximum Gasteiger partial charge on any atom is 0.246 e. The summed E-state index contributed by atoms with van der Waals surface area (Å²) < 4.78 is 56.0. The third kappa shape index (κ3) is 3.72. The molecule has 0 aliphatic carbocycles. The molecule has 1 saturated heterocycles. The lowest BCUT2D eigenvalue weighted by Crippen LogP contribution is -2.34. The largest absolute Gasteiger partial charge is 0.305 e. The zero-order chi connectivity index (χ0) is 19.8. The Balaban J connectivity index is 1.96. The van der Waals surface area contributed by atoms with E-state index in [1.807, 2.05) is 25.1 Å². The van der Waals surface area contributed by atoms with Crippen molar-refractivity contribution in [3.8, 4) is 17.2 Å². The van der Waals surface area contributed by atoms with E-state index in [-0.39, 0.29) is 24.7 Å². The first-order chi connectivity index (χ1) is 12.7. The number of likely N-dealkylation sites (N-methyl/N-ethyl adjacent to an activating group) is 1. The molecule has 1 heterocycles. The first-order valence-electron chi connectivity index (χ1n) is 8.40. The fourth-order valence-electron chi connectivity index (χ4n) is 3.16. The molecule has 3 rings (SSSR count). The van der Waals surface area contributed by atoms with Crippen LogP contribution in [0.4, 0.5) is 8.78 Å². The summed E-state index contributed by atoms with van der Waals surface area (Å²) in [5.41, 5.74) is 0.704. The van der Waals surface area contributed by atoms with Gasteiger partial charge >= 0.3 is 0 Å². The number of hydrogen-bond acceptors (Lipinski definition) is 4. The molecular weight excluding hydrogens is 372 g/mol. The van der Waals surface area contributed by atoms with Gasteiger partial charge in [-0.05, 0) is 50.3 Å². The third-order valence-electron chi connectivity index (χ3n) is 4.82. The summed E-state index contributed by atoms with van der Waals surface area (Å²) in [6, 6.07) is 9.59. The van der Waals surface area contributed by atoms with E-state index in [9.17, 15) is 17.2 Å². The Labute approximate surface area is 157 Å². The van der Waals surface area contributed by atoms with E-state index in [0.717, 1.165) is 12.1 Å². The van der Waals surface area contributed by atoms with Gasteiger partial charge in [-0.3, -0.25) is 0 Å². The van der Waals surface area contributed by atoms with Crippen LogP contribution < -0.4 is 0 Å². The quantitative estimate of drug-likeness (QED) is 0.804. The van der Waals surface area contributed by atoms with Gasteiger partial charge in [0.15, 0.2) is 0 Å². The molecule has 0 N–H and O–H groups in total. The molecule has 0 radical (unpaired) electrons. The number of sulfonamides is 1. The molecule has 0 saturated carbocycles. The van der Waals surface area contributed by atoms with Gasteiger partial charge in [0, 0.05) is 24.7 Å². The van der Waals surface area contributed by atoms with Crippen LogP contribution in [0.5, 0.6) is 0 Å². The molecule has 2 aromatic rings. The van der Waals surface area contributed by atoms with Crippen molar-refractivity contribution in [3.05, 3.63) is 53.6 Å². The van der Waals surface area contributed by atoms with E-state index in [4.69, 9.17) is 5.26 Å². The van der Waals surface area contributed by atoms with Gasteiger partial charge in [-0.15, -0.1) is 0 Å². The standard InChI is InChI=1S/C19H19F2N3O2S/c1-23(2)15-7-8-24(12-15)27(25,26)19-10-17(20)16(9-18(19)21)14-5-3-13(11-22)4-6-14/h3-6,9-10,15H,7-8,12H2,1-2H3/t15-/m1/s1. The Morgan fingerprint density at radius 2 is 1.81 bits per heavy atom. The monoisotopic (exact) mass is 391 g/mol. The normalized spacial score (nSPS) is 18.0. The summed E-state index contributed by atoms with van der Waals surface area (Å²) in [4.78, 5) is 1.26. The summed E-state index contributed by atoms with van der Waals surface area (Å²) in [7, 11) is -0.410. The molecule has 1 atom stereocenters. The van der Waals surface area contributed by atoms with Gasteiger partial charge in [0.05, 0.1) is 11.6 Å². The van der Waals surface area contributed by atoms with Crippen LogP contribution in [0, 0.1) is 23.0 Å². The average Bonchev–Trinajstić information content (AvgIpc) is 3.15. The van der Waals surface area contributed by atoms with E-state index in [2.05, 4.69) is 0 Å². The third-order valence-corrected chi connectivity index (χ3v) is 6.70. The maximum absolute atomic E-state index is 14.6. The van der Waals surface area contributed by atoms with Crippen molar-refractivity contribution in [3.63, 3.8) is 0 Å². The fraction of sp³-hybridized carbons (Fsp3) is 0.316. The fourth-order valence-corrected chi connectivity index (χ4v) is 4.71. The number of halogens is 2. The second kappa shape index (κ2) is 7.35. The summed E-state index contributed by atoms with van der Waals surface area (Å²) in [6.45, 7) is 0.511. The summed E-state index contributed by atoms with van der Waals surface area (Å²) in [5.74, 6) is -1.83. The second-order valence-electron chi connectivity index (χ2n) is 6.72. The highest BCUT2D eigenvalue weighted by molar-refractivity contribution is 7.89. The molecule has 0 spiro atoms. The minimum absolute atomic E-state index is 0.0469. The highest BCUT2D eigenvalue weighted by atomic mass is 32.2. The molecule has 27 heavy (non-hydrogen) atoms. The molecule has 0 aromatic heterocycles. The molecule has 0 unspecified atom stereocenters. The van der Waals surface area contributed by atoms with Crippen LogP contribution in [0.2, 0.25) is 0 Å². The Bertz CT molecular complexity index is 999. The number of rotatable bonds is 4. The van der Waals surface area contributed by atoms with Crippen LogP contribution in [-0.2, 0) is 10.0 Å². The predicted molar refractivity (Wildman–Crippen MR) is 97.4 cm³/mol. The molecule has 8 heteroatoms. The average molecular weight is 391 g/mol. The topological polar surface area (TPSA) is 64.4 Å². The Morgan fingerprint density at radius 3 is 2.37 bits per heavy atom. The zero-order valence-corrected chi connectivity index (χ0v) is 15.8. The summed E-state index contributed by atoms with van der Waals surface area (Å²) >= 11 is 0. The predicted octanol–water partition coefficient (Wildman–Crippen LogP) is 2.83. The van der Waals surface area contributed by atoms with Crippen molar-refractivity contribution in [2.45, 2.75) is 17.4 Å². The number of benzene rings is 2. The number of nitriles is 1. The van der Waals surface area contributed by atoms with E-state index in [1.165, 1.54) is 28.6 Å². The van der Waals surface area contributed by atoms with Crippen molar-refractivity contribution in [2.75, 3.05) is 27.2 Å². The lowest BCUT2D eigenvalue weighted by molar-refractivity contribution is 0.302. The first kappa shape index (κ1) is 19.4. The van der Waals surface area contributed by atoms with Gasteiger partial charge in [0.1, 0.15) is 16.5 Å². The van der Waals surface area contributed by atoms with Crippen molar-refractivity contribution in [1.82, 2.24) is 9.21 Å². The van der Waals surface area contributed by atoms with Crippen LogP contribution >= 0.6 is 0 Å². The maximum atomic E-state index is 14.6. The minimum atomic E-state index is -4.12. The Kier molecular flexibility index (Phi) is 5.29. The molecule has 2 aromatic carbocycles. The van der Waals surface area contributed by atoms with Gasteiger partial charge in [0.25, 0.3) is 0 Å². The van der Waals surface area contributed by atoms with Gasteiger partial charge in [-0.1, -0.05) is 12.1 Å². The molecule has 1 aliphatic rings. The van der Waals surface area contributed by atoms with Crippen LogP contribution in [-0.4, -0.2) is 50.8 Å². The first-order valence-corrected chi connectivity index (χ1v) is 9.84. The van der Waals surface area contributed by atoms with Crippen LogP contribution in [0.3, 0.4) is 0 Å². The van der Waals surface area contributed by atoms with Gasteiger partial charge in [0.2, 0.25) is 10.0 Å². The molecule has 5 nitrogen and oxygen atoms in total. The summed E-state index contributed by atoms with van der Waals surface area (Å²) in [6.07, 6.45) is 0.639. The van der Waals surface area contributed by atoms with Crippen molar-refractivity contribution in [1.29, 1.82) is 5.26 Å². The zero-order valence-electron chi connectivity index (χ0n) is 15.0.